The van der Waals surface area contributed by atoms with Crippen LogP contribution < -0.4 is 10.2 Å². The summed E-state index contributed by atoms with van der Waals surface area (Å²) in [6.45, 7) is 1.05. The number of para-hydroxylation sites is 1. The van der Waals surface area contributed by atoms with Gasteiger partial charge in [-0.05, 0) is 49.2 Å². The van der Waals surface area contributed by atoms with Gasteiger partial charge in [-0.25, -0.2) is 13.8 Å². The Bertz CT molecular complexity index is 981. The van der Waals surface area contributed by atoms with E-state index in [1.807, 2.05) is 0 Å². The van der Waals surface area contributed by atoms with E-state index in [1.54, 1.807) is 18.2 Å². The molecule has 3 rings (SSSR count). The zero-order valence-electron chi connectivity index (χ0n) is 15.3. The van der Waals surface area contributed by atoms with Crippen molar-refractivity contribution < 1.29 is 23.1 Å². The Morgan fingerprint density at radius 2 is 1.86 bits per heavy atom. The molecule has 1 amide bonds. The number of rotatable bonds is 6. The fourth-order valence-electron chi connectivity index (χ4n) is 2.89. The van der Waals surface area contributed by atoms with E-state index in [0.29, 0.717) is 24.4 Å². The van der Waals surface area contributed by atoms with Crippen molar-refractivity contribution in [3.63, 3.8) is 0 Å². The lowest BCUT2D eigenvalue weighted by Gasteiger charge is -2.15. The molecule has 8 nitrogen and oxygen atoms in total. The second kappa shape index (κ2) is 8.41. The average Bonchev–Trinajstić information content (AvgIpc) is 3.25. The van der Waals surface area contributed by atoms with Crippen molar-refractivity contribution in [3.05, 3.63) is 53.6 Å². The first-order valence-corrected chi connectivity index (χ1v) is 10.2. The number of hydrogen-bond donors (Lipinski definition) is 2. The number of aromatic hydroxyl groups is 1. The van der Waals surface area contributed by atoms with Gasteiger partial charge < -0.3 is 9.84 Å². The highest BCUT2D eigenvalue weighted by Gasteiger charge is 2.27. The molecule has 0 aromatic heterocycles. The Labute approximate surface area is 163 Å². The number of methoxy groups -OCH3 is 1. The van der Waals surface area contributed by atoms with Crippen LogP contribution in [0.3, 0.4) is 0 Å². The van der Waals surface area contributed by atoms with E-state index in [1.165, 1.54) is 41.9 Å². The highest BCUT2D eigenvalue weighted by Crippen LogP contribution is 2.28. The lowest BCUT2D eigenvalue weighted by atomic mass is 10.2. The third-order valence-electron chi connectivity index (χ3n) is 4.44. The predicted molar refractivity (Wildman–Crippen MR) is 104 cm³/mol. The van der Waals surface area contributed by atoms with Gasteiger partial charge in [0.15, 0.2) is 11.5 Å². The van der Waals surface area contributed by atoms with Gasteiger partial charge in [0.2, 0.25) is 10.0 Å². The molecule has 1 aliphatic heterocycles. The van der Waals surface area contributed by atoms with Crippen molar-refractivity contribution in [1.29, 1.82) is 0 Å². The molecule has 1 fully saturated rings. The van der Waals surface area contributed by atoms with Crippen molar-refractivity contribution in [1.82, 2.24) is 9.73 Å². The fraction of sp³-hybridized carbons (Fsp3) is 0.263. The molecule has 0 radical (unpaired) electrons. The minimum Gasteiger partial charge on any atom is -0.504 e. The Kier molecular flexibility index (Phi) is 5.96. The van der Waals surface area contributed by atoms with Gasteiger partial charge in [0, 0.05) is 24.2 Å². The molecule has 9 heteroatoms. The van der Waals surface area contributed by atoms with Crippen LogP contribution in [0.25, 0.3) is 0 Å². The van der Waals surface area contributed by atoms with Crippen LogP contribution in [-0.2, 0) is 10.0 Å². The monoisotopic (exact) mass is 403 g/mol. The summed E-state index contributed by atoms with van der Waals surface area (Å²) in [5, 5.41) is 13.8. The van der Waals surface area contributed by atoms with Gasteiger partial charge in [0.05, 0.1) is 18.2 Å². The second-order valence-corrected chi connectivity index (χ2v) is 8.17. The largest absolute Gasteiger partial charge is 0.504 e. The zero-order valence-corrected chi connectivity index (χ0v) is 16.1. The predicted octanol–water partition coefficient (Wildman–Crippen LogP) is 1.95. The molecule has 1 saturated heterocycles. The number of hydrazone groups is 1. The van der Waals surface area contributed by atoms with E-state index in [9.17, 15) is 18.3 Å². The van der Waals surface area contributed by atoms with Gasteiger partial charge in [-0.2, -0.15) is 9.41 Å². The molecular weight excluding hydrogens is 382 g/mol. The quantitative estimate of drug-likeness (QED) is 0.566. The van der Waals surface area contributed by atoms with E-state index < -0.39 is 15.9 Å². The number of sulfonamides is 1. The summed E-state index contributed by atoms with van der Waals surface area (Å²) >= 11 is 0. The van der Waals surface area contributed by atoms with Crippen LogP contribution in [0.4, 0.5) is 0 Å². The maximum absolute atomic E-state index is 12.5. The lowest BCUT2D eigenvalue weighted by molar-refractivity contribution is 0.0955. The standard InChI is InChI=1S/C19H21N3O5S/c1-27-17-6-4-5-15(18(17)23)13-20-21-19(24)14-7-9-16(10-8-14)28(25,26)22-11-2-3-12-22/h4-10,13,23H,2-3,11-12H2,1H3,(H,21,24)/b20-13+. The summed E-state index contributed by atoms with van der Waals surface area (Å²) in [5.74, 6) is -0.284. The molecule has 0 bridgehead atoms. The number of nitrogens with zero attached hydrogens (tertiary/aromatic N) is 2. The van der Waals surface area contributed by atoms with Crippen molar-refractivity contribution in [2.24, 2.45) is 5.10 Å². The number of amides is 1. The number of carbonyl (C=O) groups is 1. The molecule has 28 heavy (non-hydrogen) atoms. The average molecular weight is 403 g/mol. The van der Waals surface area contributed by atoms with Crippen molar-refractivity contribution in [2.45, 2.75) is 17.7 Å². The van der Waals surface area contributed by atoms with Crippen LogP contribution in [0.5, 0.6) is 11.5 Å². The SMILES string of the molecule is COc1cccc(/C=N/NC(=O)c2ccc(S(=O)(=O)N3CCCC3)cc2)c1O. The van der Waals surface area contributed by atoms with Crippen LogP contribution >= 0.6 is 0 Å². The highest BCUT2D eigenvalue weighted by atomic mass is 32.2. The minimum atomic E-state index is -3.51. The molecule has 0 saturated carbocycles. The fourth-order valence-corrected chi connectivity index (χ4v) is 4.41. The Balaban J connectivity index is 1.67. The second-order valence-electron chi connectivity index (χ2n) is 6.23. The summed E-state index contributed by atoms with van der Waals surface area (Å²) in [6.07, 6.45) is 3.02. The van der Waals surface area contributed by atoms with Gasteiger partial charge in [0.25, 0.3) is 5.91 Å². The lowest BCUT2D eigenvalue weighted by Crippen LogP contribution is -2.28. The van der Waals surface area contributed by atoms with Crippen LogP contribution in [0.15, 0.2) is 52.5 Å². The van der Waals surface area contributed by atoms with Gasteiger partial charge in [-0.1, -0.05) is 6.07 Å². The van der Waals surface area contributed by atoms with Crippen molar-refractivity contribution in [3.8, 4) is 11.5 Å². The third kappa shape index (κ3) is 4.15. The number of phenols is 1. The number of nitrogens with one attached hydrogen (secondary N) is 1. The molecule has 0 aliphatic carbocycles. The van der Waals surface area contributed by atoms with E-state index in [2.05, 4.69) is 10.5 Å². The molecule has 0 atom stereocenters. The first-order chi connectivity index (χ1) is 13.4. The minimum absolute atomic E-state index is 0.0838. The van der Waals surface area contributed by atoms with E-state index >= 15 is 0 Å². The van der Waals surface area contributed by atoms with Crippen LogP contribution in [0.2, 0.25) is 0 Å². The molecule has 1 aliphatic rings. The van der Waals surface area contributed by atoms with Gasteiger partial charge in [-0.15, -0.1) is 0 Å². The number of carbonyl (C=O) groups excluding carboxylic acids is 1. The molecule has 1 heterocycles. The van der Waals surface area contributed by atoms with Crippen LogP contribution in [0, 0.1) is 0 Å². The number of ether oxygens (including phenoxy) is 1. The van der Waals surface area contributed by atoms with Crippen LogP contribution in [0.1, 0.15) is 28.8 Å². The molecule has 2 aromatic rings. The number of hydrogen-bond acceptors (Lipinski definition) is 6. The summed E-state index contributed by atoms with van der Waals surface area (Å²) in [6, 6.07) is 10.6. The zero-order chi connectivity index (χ0) is 20.1. The molecule has 2 aromatic carbocycles. The van der Waals surface area contributed by atoms with Gasteiger partial charge in [-0.3, -0.25) is 4.79 Å². The maximum Gasteiger partial charge on any atom is 0.271 e. The summed E-state index contributed by atoms with van der Waals surface area (Å²) in [7, 11) is -2.08. The van der Waals surface area contributed by atoms with Gasteiger partial charge >= 0.3 is 0 Å². The topological polar surface area (TPSA) is 108 Å². The molecule has 0 unspecified atom stereocenters. The number of phenolic OH excluding ortho intramolecular Hbond substituents is 1. The van der Waals surface area contributed by atoms with Gasteiger partial charge in [0.1, 0.15) is 0 Å². The Hall–Kier alpha value is -2.91. The molecular formula is C19H21N3O5S. The first kappa shape index (κ1) is 19.8. The van der Waals surface area contributed by atoms with E-state index in [0.717, 1.165) is 12.8 Å². The summed E-state index contributed by atoms with van der Waals surface area (Å²) in [5.41, 5.74) is 3.00. The van der Waals surface area contributed by atoms with Crippen LogP contribution in [-0.4, -0.2) is 50.2 Å². The summed E-state index contributed by atoms with van der Waals surface area (Å²) in [4.78, 5) is 12.4. The normalized spacial score (nSPS) is 15.0. The van der Waals surface area contributed by atoms with Crippen molar-refractivity contribution in [2.75, 3.05) is 20.2 Å². The highest BCUT2D eigenvalue weighted by molar-refractivity contribution is 7.89. The summed E-state index contributed by atoms with van der Waals surface area (Å²) < 4.78 is 31.5. The van der Waals surface area contributed by atoms with Crippen molar-refractivity contribution >= 4 is 22.1 Å². The third-order valence-corrected chi connectivity index (χ3v) is 6.35. The smallest absolute Gasteiger partial charge is 0.271 e. The molecule has 0 spiro atoms. The maximum atomic E-state index is 12.5. The van der Waals surface area contributed by atoms with E-state index in [-0.39, 0.29) is 16.2 Å². The Morgan fingerprint density at radius 3 is 2.50 bits per heavy atom. The number of benzene rings is 2. The first-order valence-electron chi connectivity index (χ1n) is 8.73. The molecule has 148 valence electrons. The Morgan fingerprint density at radius 1 is 1.18 bits per heavy atom. The molecule has 2 N–H and O–H groups in total. The van der Waals surface area contributed by atoms with E-state index in [4.69, 9.17) is 4.74 Å².